The van der Waals surface area contributed by atoms with Gasteiger partial charge in [0.1, 0.15) is 0 Å². The molecule has 2 saturated carbocycles. The van der Waals surface area contributed by atoms with E-state index in [1.54, 1.807) is 0 Å². The van der Waals surface area contributed by atoms with Crippen LogP contribution in [-0.2, 0) is 0 Å². The Labute approximate surface area is 134 Å². The van der Waals surface area contributed by atoms with E-state index in [0.717, 1.165) is 28.4 Å². The maximum Gasteiger partial charge on any atom is 0.251 e. The van der Waals surface area contributed by atoms with Gasteiger partial charge in [0, 0.05) is 22.1 Å². The largest absolute Gasteiger partial charge is 0.349 e. The zero-order valence-corrected chi connectivity index (χ0v) is 14.0. The molecule has 3 rings (SSSR count). The van der Waals surface area contributed by atoms with Crippen LogP contribution in [0.15, 0.2) is 22.7 Å². The number of amides is 1. The highest BCUT2D eigenvalue weighted by Gasteiger charge is 2.40. The fraction of sp³-hybridized carbons (Fsp3) is 0.588. The van der Waals surface area contributed by atoms with Gasteiger partial charge in [-0.2, -0.15) is 0 Å². The Morgan fingerprint density at radius 3 is 2.62 bits per heavy atom. The van der Waals surface area contributed by atoms with Crippen molar-refractivity contribution in [2.75, 3.05) is 0 Å². The maximum atomic E-state index is 12.6. The molecule has 2 aliphatic rings. The maximum absolute atomic E-state index is 12.6. The fourth-order valence-corrected chi connectivity index (χ4v) is 4.47. The van der Waals surface area contributed by atoms with Crippen molar-refractivity contribution in [3.05, 3.63) is 33.8 Å². The molecule has 1 aromatic carbocycles. The molecule has 4 heteroatoms. The van der Waals surface area contributed by atoms with Gasteiger partial charge in [0.2, 0.25) is 0 Å². The Balaban J connectivity index is 1.77. The van der Waals surface area contributed by atoms with Crippen molar-refractivity contribution in [1.82, 2.24) is 5.32 Å². The Kier molecular flexibility index (Phi) is 4.36. The molecule has 0 radical (unpaired) electrons. The van der Waals surface area contributed by atoms with Gasteiger partial charge in [-0.15, -0.1) is 0 Å². The summed E-state index contributed by atoms with van der Waals surface area (Å²) >= 11 is 3.50. The molecule has 114 valence electrons. The van der Waals surface area contributed by atoms with Crippen LogP contribution in [0.2, 0.25) is 0 Å². The highest BCUT2D eigenvalue weighted by atomic mass is 79.9. The molecule has 21 heavy (non-hydrogen) atoms. The van der Waals surface area contributed by atoms with E-state index in [4.69, 9.17) is 5.73 Å². The third-order valence-electron chi connectivity index (χ3n) is 5.19. The molecular formula is C17H23BrN2O. The van der Waals surface area contributed by atoms with Crippen LogP contribution in [0, 0.1) is 18.8 Å². The first-order valence-electron chi connectivity index (χ1n) is 7.88. The Bertz CT molecular complexity index is 532. The molecule has 1 amide bonds. The van der Waals surface area contributed by atoms with Crippen molar-refractivity contribution in [1.29, 1.82) is 0 Å². The van der Waals surface area contributed by atoms with E-state index in [1.165, 1.54) is 19.3 Å². The monoisotopic (exact) mass is 350 g/mol. The number of fused-ring (bicyclic) bond motifs is 2. The summed E-state index contributed by atoms with van der Waals surface area (Å²) in [6.45, 7) is 1.98. The average molecular weight is 351 g/mol. The second kappa shape index (κ2) is 6.09. The van der Waals surface area contributed by atoms with E-state index in [2.05, 4.69) is 21.2 Å². The third kappa shape index (κ3) is 3.02. The van der Waals surface area contributed by atoms with Crippen LogP contribution in [0.3, 0.4) is 0 Å². The van der Waals surface area contributed by atoms with Gasteiger partial charge in [0.15, 0.2) is 0 Å². The molecule has 0 heterocycles. The summed E-state index contributed by atoms with van der Waals surface area (Å²) in [5.41, 5.74) is 7.94. The molecule has 0 saturated heterocycles. The normalized spacial score (nSPS) is 31.8. The van der Waals surface area contributed by atoms with E-state index >= 15 is 0 Å². The van der Waals surface area contributed by atoms with Crippen molar-refractivity contribution in [3.63, 3.8) is 0 Å². The minimum absolute atomic E-state index is 0.0613. The summed E-state index contributed by atoms with van der Waals surface area (Å²) < 4.78 is 0.987. The lowest BCUT2D eigenvalue weighted by Crippen LogP contribution is -2.53. The van der Waals surface area contributed by atoms with Gasteiger partial charge in [-0.3, -0.25) is 4.79 Å². The lowest BCUT2D eigenvalue weighted by molar-refractivity contribution is 0.0755. The van der Waals surface area contributed by atoms with Crippen LogP contribution < -0.4 is 11.1 Å². The first kappa shape index (κ1) is 15.0. The molecule has 2 unspecified atom stereocenters. The lowest BCUT2D eigenvalue weighted by atomic mass is 9.67. The zero-order chi connectivity index (χ0) is 15.0. The van der Waals surface area contributed by atoms with Gasteiger partial charge in [-0.1, -0.05) is 28.4 Å². The summed E-state index contributed by atoms with van der Waals surface area (Å²) in [6.07, 6.45) is 5.79. The second-order valence-corrected chi connectivity index (χ2v) is 7.45. The molecule has 2 atom stereocenters. The van der Waals surface area contributed by atoms with Crippen molar-refractivity contribution >= 4 is 21.8 Å². The molecule has 2 fully saturated rings. The standard InChI is InChI=1S/C17H23BrN2O/c1-10-14(6-3-7-15(10)18)17(21)20-16-11-4-2-5-12(16)9-13(19)8-11/h3,6-7,11-13,16H,2,4-5,8-9,19H2,1H3,(H,20,21). The molecule has 0 aromatic heterocycles. The number of carbonyl (C=O) groups is 1. The van der Waals surface area contributed by atoms with E-state index in [-0.39, 0.29) is 5.91 Å². The minimum atomic E-state index is 0.0613. The fourth-order valence-electron chi connectivity index (χ4n) is 4.11. The molecule has 0 aliphatic heterocycles. The second-order valence-electron chi connectivity index (χ2n) is 6.59. The Morgan fingerprint density at radius 1 is 1.29 bits per heavy atom. The first-order chi connectivity index (χ1) is 10.1. The predicted octanol–water partition coefficient (Wildman–Crippen LogP) is 3.39. The highest BCUT2D eigenvalue weighted by Crippen LogP contribution is 2.39. The summed E-state index contributed by atoms with van der Waals surface area (Å²) in [7, 11) is 0. The molecule has 1 aromatic rings. The van der Waals surface area contributed by atoms with Crippen molar-refractivity contribution in [3.8, 4) is 0 Å². The molecule has 0 spiro atoms. The van der Waals surface area contributed by atoms with Gasteiger partial charge in [-0.05, 0) is 62.1 Å². The average Bonchev–Trinajstić information content (AvgIpc) is 2.42. The SMILES string of the molecule is Cc1c(Br)cccc1C(=O)NC1C2CCCC1CC(N)C2. The number of rotatable bonds is 2. The summed E-state index contributed by atoms with van der Waals surface area (Å²) in [5.74, 6) is 1.18. The summed E-state index contributed by atoms with van der Waals surface area (Å²) in [6, 6.07) is 6.43. The first-order valence-corrected chi connectivity index (χ1v) is 8.67. The number of hydrogen-bond acceptors (Lipinski definition) is 2. The smallest absolute Gasteiger partial charge is 0.251 e. The number of nitrogens with two attached hydrogens (primary N) is 1. The number of halogens is 1. The minimum Gasteiger partial charge on any atom is -0.349 e. The van der Waals surface area contributed by atoms with Gasteiger partial charge < -0.3 is 11.1 Å². The topological polar surface area (TPSA) is 55.1 Å². The summed E-state index contributed by atoms with van der Waals surface area (Å²) in [5, 5.41) is 3.31. The quantitative estimate of drug-likeness (QED) is 0.858. The van der Waals surface area contributed by atoms with E-state index < -0.39 is 0 Å². The Hall–Kier alpha value is -0.870. The predicted molar refractivity (Wildman–Crippen MR) is 88.2 cm³/mol. The van der Waals surface area contributed by atoms with Crippen LogP contribution in [0.5, 0.6) is 0 Å². The van der Waals surface area contributed by atoms with Gasteiger partial charge in [-0.25, -0.2) is 0 Å². The van der Waals surface area contributed by atoms with E-state index in [9.17, 15) is 4.79 Å². The van der Waals surface area contributed by atoms with Crippen molar-refractivity contribution in [2.45, 2.75) is 51.1 Å². The molecule has 3 nitrogen and oxygen atoms in total. The van der Waals surface area contributed by atoms with Crippen LogP contribution in [0.1, 0.15) is 48.0 Å². The number of nitrogens with one attached hydrogen (secondary N) is 1. The molecule has 3 N–H and O–H groups in total. The molecule has 2 bridgehead atoms. The van der Waals surface area contributed by atoms with Gasteiger partial charge >= 0.3 is 0 Å². The van der Waals surface area contributed by atoms with Crippen LogP contribution >= 0.6 is 15.9 Å². The summed E-state index contributed by atoms with van der Waals surface area (Å²) in [4.78, 5) is 12.6. The molecular weight excluding hydrogens is 328 g/mol. The Morgan fingerprint density at radius 2 is 1.95 bits per heavy atom. The third-order valence-corrected chi connectivity index (χ3v) is 6.05. The van der Waals surface area contributed by atoms with Gasteiger partial charge in [0.05, 0.1) is 0 Å². The number of carbonyl (C=O) groups excluding carboxylic acids is 1. The number of hydrogen-bond donors (Lipinski definition) is 2. The van der Waals surface area contributed by atoms with Crippen molar-refractivity contribution in [2.24, 2.45) is 17.6 Å². The van der Waals surface area contributed by atoms with Crippen LogP contribution in [-0.4, -0.2) is 18.0 Å². The zero-order valence-electron chi connectivity index (χ0n) is 12.4. The van der Waals surface area contributed by atoms with Crippen LogP contribution in [0.25, 0.3) is 0 Å². The highest BCUT2D eigenvalue weighted by molar-refractivity contribution is 9.10. The molecule has 2 aliphatic carbocycles. The van der Waals surface area contributed by atoms with E-state index in [1.807, 2.05) is 25.1 Å². The van der Waals surface area contributed by atoms with Crippen molar-refractivity contribution < 1.29 is 4.79 Å². The van der Waals surface area contributed by atoms with E-state index in [0.29, 0.717) is 23.9 Å². The lowest BCUT2D eigenvalue weighted by Gasteiger charge is -2.45. The number of benzene rings is 1. The van der Waals surface area contributed by atoms with Crippen LogP contribution in [0.4, 0.5) is 0 Å². The van der Waals surface area contributed by atoms with Gasteiger partial charge in [0.25, 0.3) is 5.91 Å².